The summed E-state index contributed by atoms with van der Waals surface area (Å²) in [5, 5.41) is 5.37. The quantitative estimate of drug-likeness (QED) is 0.172. The first-order chi connectivity index (χ1) is 22.6. The molecule has 0 fully saturated rings. The minimum Gasteiger partial charge on any atom is -0.280 e. The molecular weight excluding hydrogens is 569 g/mol. The average molecular weight is 608 g/mol. The maximum atomic E-state index is 5.48. The monoisotopic (exact) mass is 607 g/mol. The molecule has 0 spiro atoms. The SMILES string of the molecule is CC(C)(C)c1ccc(B2c3ccc4ccccc4c3-n3c4c2cc2c5c(ccc(c54)n4c5cc(C(C)(C)C)ccc5nc34)CC2)cc1. The Labute approximate surface area is 275 Å². The molecule has 0 atom stereocenters. The molecule has 3 nitrogen and oxygen atoms in total. The third-order valence-electron chi connectivity index (χ3n) is 11.1. The molecule has 0 unspecified atom stereocenters. The van der Waals surface area contributed by atoms with Gasteiger partial charge in [0.15, 0.2) is 0 Å². The molecule has 47 heavy (non-hydrogen) atoms. The van der Waals surface area contributed by atoms with Crippen LogP contribution in [0, 0.1) is 0 Å². The van der Waals surface area contributed by atoms with Gasteiger partial charge < -0.3 is 0 Å². The van der Waals surface area contributed by atoms with Crippen LogP contribution < -0.4 is 16.4 Å². The molecule has 1 aliphatic heterocycles. The van der Waals surface area contributed by atoms with Crippen molar-refractivity contribution < 1.29 is 0 Å². The standard InChI is InChI=1S/C43H38BN3/c1-42(2,3)28-15-18-30(19-16-28)44-32-20-13-25-9-7-8-10-31(25)39(32)47-40-33(44)23-27-12-11-26-14-22-35(38(40)37(26)27)46-36-24-29(43(4,5)6)17-21-34(36)45-41(46)47/h7-10,13-24H,11-12H2,1-6H3. The summed E-state index contributed by atoms with van der Waals surface area (Å²) in [5.41, 5.74) is 15.9. The van der Waals surface area contributed by atoms with Crippen LogP contribution >= 0.6 is 0 Å². The highest BCUT2D eigenvalue weighted by atomic mass is 15.2. The Hall–Kier alpha value is -4.83. The molecule has 0 saturated carbocycles. The Bertz CT molecular complexity index is 2640. The van der Waals surface area contributed by atoms with Crippen LogP contribution in [0.4, 0.5) is 0 Å². The van der Waals surface area contributed by atoms with E-state index in [-0.39, 0.29) is 17.5 Å². The van der Waals surface area contributed by atoms with Crippen molar-refractivity contribution in [3.63, 3.8) is 0 Å². The van der Waals surface area contributed by atoms with E-state index in [4.69, 9.17) is 4.98 Å². The van der Waals surface area contributed by atoms with Crippen LogP contribution in [0.25, 0.3) is 55.1 Å². The number of hydrogen-bond acceptors (Lipinski definition) is 1. The lowest BCUT2D eigenvalue weighted by molar-refractivity contribution is 0.590. The van der Waals surface area contributed by atoms with Crippen LogP contribution in [0.1, 0.15) is 63.8 Å². The molecule has 228 valence electrons. The Kier molecular flexibility index (Phi) is 5.20. The Balaban J connectivity index is 1.44. The van der Waals surface area contributed by atoms with E-state index >= 15 is 0 Å². The lowest BCUT2D eigenvalue weighted by Crippen LogP contribution is -2.56. The number of imidazole rings is 1. The van der Waals surface area contributed by atoms with Crippen molar-refractivity contribution in [2.24, 2.45) is 0 Å². The van der Waals surface area contributed by atoms with Crippen LogP contribution in [-0.4, -0.2) is 20.7 Å². The van der Waals surface area contributed by atoms with Gasteiger partial charge in [0.05, 0.1) is 27.8 Å². The van der Waals surface area contributed by atoms with E-state index in [1.807, 2.05) is 0 Å². The molecule has 0 radical (unpaired) electrons. The van der Waals surface area contributed by atoms with Gasteiger partial charge in [-0.25, -0.2) is 4.98 Å². The van der Waals surface area contributed by atoms with Gasteiger partial charge in [-0.3, -0.25) is 8.97 Å². The molecule has 2 aromatic heterocycles. The minimum absolute atomic E-state index is 0.0393. The second-order valence-electron chi connectivity index (χ2n) is 16.0. The molecule has 8 aromatic rings. The number of nitrogens with zero attached hydrogens (tertiary/aromatic N) is 3. The normalized spacial score (nSPS) is 14.4. The fourth-order valence-electron chi connectivity index (χ4n) is 8.72. The second kappa shape index (κ2) is 8.95. The van der Waals surface area contributed by atoms with Gasteiger partial charge in [-0.1, -0.05) is 126 Å². The molecule has 4 heteroatoms. The van der Waals surface area contributed by atoms with Crippen molar-refractivity contribution >= 4 is 72.5 Å². The summed E-state index contributed by atoms with van der Waals surface area (Å²) < 4.78 is 5.00. The molecule has 0 amide bonds. The van der Waals surface area contributed by atoms with Crippen molar-refractivity contribution in [2.45, 2.75) is 65.2 Å². The molecule has 0 N–H and O–H groups in total. The van der Waals surface area contributed by atoms with Gasteiger partial charge in [-0.05, 0) is 85.8 Å². The lowest BCUT2D eigenvalue weighted by Gasteiger charge is -2.32. The zero-order chi connectivity index (χ0) is 32.0. The highest BCUT2D eigenvalue weighted by Gasteiger charge is 2.37. The fourth-order valence-corrected chi connectivity index (χ4v) is 8.72. The Morgan fingerprint density at radius 1 is 0.638 bits per heavy atom. The van der Waals surface area contributed by atoms with Crippen LogP contribution in [0.5, 0.6) is 0 Å². The molecule has 1 aliphatic carbocycles. The summed E-state index contributed by atoms with van der Waals surface area (Å²) in [7, 11) is 0. The zero-order valence-electron chi connectivity index (χ0n) is 28.1. The topological polar surface area (TPSA) is 22.2 Å². The van der Waals surface area contributed by atoms with E-state index in [0.29, 0.717) is 0 Å². The number of hydrogen-bond donors (Lipinski definition) is 0. The predicted octanol–water partition coefficient (Wildman–Crippen LogP) is 8.26. The molecule has 10 rings (SSSR count). The Morgan fingerprint density at radius 3 is 2.17 bits per heavy atom. The van der Waals surface area contributed by atoms with Crippen LogP contribution in [0.15, 0.2) is 97.1 Å². The highest BCUT2D eigenvalue weighted by molar-refractivity contribution is 6.98. The molecule has 0 bridgehead atoms. The van der Waals surface area contributed by atoms with Crippen molar-refractivity contribution in [3.05, 3.63) is 119 Å². The molecule has 3 heterocycles. The van der Waals surface area contributed by atoms with Crippen molar-refractivity contribution in [3.8, 4) is 5.69 Å². The molecule has 2 aliphatic rings. The molecule has 6 aromatic carbocycles. The van der Waals surface area contributed by atoms with Gasteiger partial charge in [0.2, 0.25) is 12.5 Å². The maximum absolute atomic E-state index is 5.48. The van der Waals surface area contributed by atoms with Gasteiger partial charge in [0, 0.05) is 10.8 Å². The van der Waals surface area contributed by atoms with Gasteiger partial charge in [-0.15, -0.1) is 0 Å². The largest absolute Gasteiger partial charge is 0.280 e. The van der Waals surface area contributed by atoms with E-state index in [0.717, 1.165) is 24.1 Å². The minimum atomic E-state index is 0.0393. The number of aryl methyl sites for hydroxylation is 2. The lowest BCUT2D eigenvalue weighted by atomic mass is 9.35. The second-order valence-corrected chi connectivity index (χ2v) is 16.0. The van der Waals surface area contributed by atoms with Crippen molar-refractivity contribution in [2.75, 3.05) is 0 Å². The summed E-state index contributed by atoms with van der Waals surface area (Å²) in [6.07, 6.45) is 2.19. The van der Waals surface area contributed by atoms with E-state index in [9.17, 15) is 0 Å². The summed E-state index contributed by atoms with van der Waals surface area (Å²) in [4.78, 5) is 5.48. The summed E-state index contributed by atoms with van der Waals surface area (Å²) in [6.45, 7) is 13.9. The van der Waals surface area contributed by atoms with Gasteiger partial charge >= 0.3 is 0 Å². The summed E-state index contributed by atoms with van der Waals surface area (Å²) in [6, 6.07) is 37.3. The number of fused-ring (bicyclic) bond motifs is 9. The third-order valence-corrected chi connectivity index (χ3v) is 11.1. The predicted molar refractivity (Wildman–Crippen MR) is 200 cm³/mol. The average Bonchev–Trinajstić information content (AvgIpc) is 3.65. The fraction of sp³-hybridized carbons (Fsp3) is 0.233. The highest BCUT2D eigenvalue weighted by Crippen LogP contribution is 2.41. The first-order valence-corrected chi connectivity index (χ1v) is 17.1. The Morgan fingerprint density at radius 2 is 1.38 bits per heavy atom. The van der Waals surface area contributed by atoms with Gasteiger partial charge in [0.1, 0.15) is 0 Å². The van der Waals surface area contributed by atoms with Crippen LogP contribution in [0.3, 0.4) is 0 Å². The van der Waals surface area contributed by atoms with E-state index < -0.39 is 0 Å². The first kappa shape index (κ1) is 27.3. The van der Waals surface area contributed by atoms with E-state index in [1.165, 1.54) is 82.4 Å². The third kappa shape index (κ3) is 3.62. The van der Waals surface area contributed by atoms with E-state index in [2.05, 4.69) is 148 Å². The van der Waals surface area contributed by atoms with Crippen LogP contribution in [0.2, 0.25) is 0 Å². The van der Waals surface area contributed by atoms with Crippen molar-refractivity contribution in [1.29, 1.82) is 0 Å². The summed E-state index contributed by atoms with van der Waals surface area (Å²) in [5.74, 6) is 0.986. The smallest absolute Gasteiger partial charge is 0.246 e. The summed E-state index contributed by atoms with van der Waals surface area (Å²) >= 11 is 0. The van der Waals surface area contributed by atoms with E-state index in [1.54, 1.807) is 0 Å². The zero-order valence-corrected chi connectivity index (χ0v) is 28.1. The van der Waals surface area contributed by atoms with Crippen LogP contribution in [-0.2, 0) is 23.7 Å². The molecular formula is C43H38BN3. The number of rotatable bonds is 1. The van der Waals surface area contributed by atoms with Gasteiger partial charge in [-0.2, -0.15) is 0 Å². The number of aromatic nitrogens is 3. The van der Waals surface area contributed by atoms with Gasteiger partial charge in [0.25, 0.3) is 0 Å². The maximum Gasteiger partial charge on any atom is 0.246 e. The van der Waals surface area contributed by atoms with Crippen molar-refractivity contribution in [1.82, 2.24) is 14.0 Å². The molecule has 0 saturated heterocycles. The first-order valence-electron chi connectivity index (χ1n) is 17.1. The number of benzene rings is 6.